The molecule has 1 fully saturated rings. The number of likely N-dealkylation sites (tertiary alicyclic amines) is 1. The number of methoxy groups -OCH3 is 1. The van der Waals surface area contributed by atoms with Crippen molar-refractivity contribution in [1.29, 1.82) is 0 Å². The first-order valence-electron chi connectivity index (χ1n) is 6.85. The number of rotatable bonds is 4. The molecular formula is C16H19NO4. The fraction of sp³-hybridized carbons (Fsp3) is 0.375. The minimum absolute atomic E-state index is 0.0956. The van der Waals surface area contributed by atoms with Gasteiger partial charge in [0.1, 0.15) is 12.6 Å². The van der Waals surface area contributed by atoms with Crippen LogP contribution in [0.25, 0.3) is 0 Å². The van der Waals surface area contributed by atoms with Crippen molar-refractivity contribution in [3.8, 4) is 0 Å². The molecule has 2 rings (SSSR count). The molecule has 1 aromatic rings. The van der Waals surface area contributed by atoms with Gasteiger partial charge >= 0.3 is 12.1 Å². The highest BCUT2D eigenvalue weighted by Crippen LogP contribution is 2.27. The number of esters is 1. The summed E-state index contributed by atoms with van der Waals surface area (Å²) in [6.07, 6.45) is 1.87. The molecule has 1 amide bonds. The predicted octanol–water partition coefficient (Wildman–Crippen LogP) is 2.37. The molecule has 0 saturated carbocycles. The average Bonchev–Trinajstić information content (AvgIpc) is 2.96. The summed E-state index contributed by atoms with van der Waals surface area (Å²) in [5.74, 6) is -0.532. The van der Waals surface area contributed by atoms with E-state index in [4.69, 9.17) is 9.47 Å². The monoisotopic (exact) mass is 289 g/mol. The summed E-state index contributed by atoms with van der Waals surface area (Å²) < 4.78 is 10.0. The number of carbonyl (C=O) groups excluding carboxylic acids is 2. The minimum Gasteiger partial charge on any atom is -0.467 e. The van der Waals surface area contributed by atoms with Crippen molar-refractivity contribution in [3.63, 3.8) is 0 Å². The molecular weight excluding hydrogens is 270 g/mol. The predicted molar refractivity (Wildman–Crippen MR) is 77.4 cm³/mol. The minimum atomic E-state index is -0.643. The molecule has 21 heavy (non-hydrogen) atoms. The summed E-state index contributed by atoms with van der Waals surface area (Å²) in [6, 6.07) is 8.76. The van der Waals surface area contributed by atoms with Gasteiger partial charge < -0.3 is 9.47 Å². The van der Waals surface area contributed by atoms with Gasteiger partial charge in [0, 0.05) is 12.5 Å². The van der Waals surface area contributed by atoms with Crippen molar-refractivity contribution < 1.29 is 19.1 Å². The van der Waals surface area contributed by atoms with Gasteiger partial charge in [0.25, 0.3) is 0 Å². The van der Waals surface area contributed by atoms with Crippen molar-refractivity contribution >= 4 is 12.1 Å². The molecule has 0 N–H and O–H groups in total. The van der Waals surface area contributed by atoms with Crippen LogP contribution in [-0.2, 0) is 20.9 Å². The second-order valence-corrected chi connectivity index (χ2v) is 4.89. The van der Waals surface area contributed by atoms with E-state index in [1.54, 1.807) is 6.08 Å². The molecule has 1 aliphatic rings. The van der Waals surface area contributed by atoms with E-state index in [0.29, 0.717) is 13.0 Å². The van der Waals surface area contributed by atoms with Gasteiger partial charge in [-0.25, -0.2) is 9.59 Å². The first kappa shape index (κ1) is 15.1. The maximum absolute atomic E-state index is 12.2. The largest absolute Gasteiger partial charge is 0.467 e. The lowest BCUT2D eigenvalue weighted by atomic mass is 10.0. The topological polar surface area (TPSA) is 55.8 Å². The Morgan fingerprint density at radius 2 is 2.10 bits per heavy atom. The van der Waals surface area contributed by atoms with Gasteiger partial charge in [-0.1, -0.05) is 36.4 Å². The molecule has 1 aromatic carbocycles. The summed E-state index contributed by atoms with van der Waals surface area (Å²) in [6.45, 7) is 4.36. The number of carbonyl (C=O) groups is 2. The van der Waals surface area contributed by atoms with E-state index in [1.807, 2.05) is 30.3 Å². The van der Waals surface area contributed by atoms with Crippen LogP contribution in [0.15, 0.2) is 43.0 Å². The molecule has 1 heterocycles. The fourth-order valence-electron chi connectivity index (χ4n) is 2.49. The fourth-order valence-corrected chi connectivity index (χ4v) is 2.49. The van der Waals surface area contributed by atoms with E-state index in [2.05, 4.69) is 6.58 Å². The summed E-state index contributed by atoms with van der Waals surface area (Å²) in [4.78, 5) is 25.4. The summed E-state index contributed by atoms with van der Waals surface area (Å²) in [5.41, 5.74) is 0.903. The number of hydrogen-bond donors (Lipinski definition) is 0. The first-order chi connectivity index (χ1) is 10.2. The Kier molecular flexibility index (Phi) is 4.98. The van der Waals surface area contributed by atoms with Crippen LogP contribution < -0.4 is 0 Å². The standard InChI is InChI=1S/C16H19NO4/c1-3-13-9-10-17(14(13)15(18)20-2)16(19)21-11-12-7-5-4-6-8-12/h3-8,13-14H,1,9-11H2,2H3/t13-,14-/m0/s1. The van der Waals surface area contributed by atoms with Crippen LogP contribution in [-0.4, -0.2) is 36.7 Å². The number of amides is 1. The molecule has 0 radical (unpaired) electrons. The molecule has 1 saturated heterocycles. The van der Waals surface area contributed by atoms with E-state index in [0.717, 1.165) is 5.56 Å². The highest BCUT2D eigenvalue weighted by atomic mass is 16.6. The first-order valence-corrected chi connectivity index (χ1v) is 6.85. The smallest absolute Gasteiger partial charge is 0.410 e. The van der Waals surface area contributed by atoms with E-state index in [1.165, 1.54) is 12.0 Å². The Hall–Kier alpha value is -2.30. The van der Waals surface area contributed by atoms with Gasteiger partial charge in [-0.2, -0.15) is 0 Å². The molecule has 0 aliphatic carbocycles. The Labute approximate surface area is 124 Å². The zero-order chi connectivity index (χ0) is 15.2. The van der Waals surface area contributed by atoms with Crippen molar-refractivity contribution in [3.05, 3.63) is 48.6 Å². The molecule has 0 unspecified atom stereocenters. The van der Waals surface area contributed by atoms with Gasteiger partial charge in [0.05, 0.1) is 7.11 Å². The third-order valence-corrected chi connectivity index (χ3v) is 3.63. The van der Waals surface area contributed by atoms with Crippen molar-refractivity contribution in [2.75, 3.05) is 13.7 Å². The SMILES string of the molecule is C=C[C@H]1CCN(C(=O)OCc2ccccc2)[C@@H]1C(=O)OC. The molecule has 1 aliphatic heterocycles. The van der Waals surface area contributed by atoms with E-state index in [-0.39, 0.29) is 12.5 Å². The molecule has 5 heteroatoms. The summed E-state index contributed by atoms with van der Waals surface area (Å²) >= 11 is 0. The third-order valence-electron chi connectivity index (χ3n) is 3.63. The Bertz CT molecular complexity index is 514. The lowest BCUT2D eigenvalue weighted by Gasteiger charge is -2.24. The molecule has 112 valence electrons. The van der Waals surface area contributed by atoms with E-state index in [9.17, 15) is 9.59 Å². The Balaban J connectivity index is 2.00. The van der Waals surface area contributed by atoms with Crippen LogP contribution in [0.1, 0.15) is 12.0 Å². The second-order valence-electron chi connectivity index (χ2n) is 4.89. The summed E-state index contributed by atoms with van der Waals surface area (Å²) in [7, 11) is 1.31. The zero-order valence-electron chi connectivity index (χ0n) is 12.0. The second kappa shape index (κ2) is 6.92. The highest BCUT2D eigenvalue weighted by Gasteiger charge is 2.42. The average molecular weight is 289 g/mol. The van der Waals surface area contributed by atoms with E-state index < -0.39 is 18.1 Å². The molecule has 0 spiro atoms. The van der Waals surface area contributed by atoms with Crippen LogP contribution >= 0.6 is 0 Å². The van der Waals surface area contributed by atoms with Crippen LogP contribution in [0.5, 0.6) is 0 Å². The van der Waals surface area contributed by atoms with Crippen LogP contribution in [0.4, 0.5) is 4.79 Å². The Morgan fingerprint density at radius 3 is 2.71 bits per heavy atom. The van der Waals surface area contributed by atoms with Gasteiger partial charge in [0.2, 0.25) is 0 Å². The zero-order valence-corrected chi connectivity index (χ0v) is 12.0. The van der Waals surface area contributed by atoms with Gasteiger partial charge in [-0.15, -0.1) is 6.58 Å². The van der Waals surface area contributed by atoms with Gasteiger partial charge in [-0.3, -0.25) is 4.90 Å². The quantitative estimate of drug-likeness (QED) is 0.631. The van der Waals surface area contributed by atoms with Gasteiger partial charge in [0.15, 0.2) is 0 Å². The van der Waals surface area contributed by atoms with Crippen LogP contribution in [0.2, 0.25) is 0 Å². The molecule has 2 atom stereocenters. The summed E-state index contributed by atoms with van der Waals surface area (Å²) in [5, 5.41) is 0. The lowest BCUT2D eigenvalue weighted by molar-refractivity contribution is -0.146. The highest BCUT2D eigenvalue weighted by molar-refractivity contribution is 5.82. The molecule has 0 bridgehead atoms. The molecule has 0 aromatic heterocycles. The van der Waals surface area contributed by atoms with Crippen LogP contribution in [0, 0.1) is 5.92 Å². The molecule has 5 nitrogen and oxygen atoms in total. The number of benzene rings is 1. The van der Waals surface area contributed by atoms with Crippen molar-refractivity contribution in [2.24, 2.45) is 5.92 Å². The maximum atomic E-state index is 12.2. The number of ether oxygens (including phenoxy) is 2. The number of hydrogen-bond acceptors (Lipinski definition) is 4. The van der Waals surface area contributed by atoms with E-state index >= 15 is 0 Å². The van der Waals surface area contributed by atoms with Crippen LogP contribution in [0.3, 0.4) is 0 Å². The Morgan fingerprint density at radius 1 is 1.38 bits per heavy atom. The number of nitrogens with zero attached hydrogens (tertiary/aromatic N) is 1. The lowest BCUT2D eigenvalue weighted by Crippen LogP contribution is -2.43. The maximum Gasteiger partial charge on any atom is 0.410 e. The van der Waals surface area contributed by atoms with Gasteiger partial charge in [-0.05, 0) is 12.0 Å². The van der Waals surface area contributed by atoms with Crippen molar-refractivity contribution in [2.45, 2.75) is 19.1 Å². The van der Waals surface area contributed by atoms with Crippen molar-refractivity contribution in [1.82, 2.24) is 4.90 Å². The third kappa shape index (κ3) is 3.42. The normalized spacial score (nSPS) is 20.9.